The van der Waals surface area contributed by atoms with Gasteiger partial charge >= 0.3 is 6.09 Å². The minimum atomic E-state index is -4.23. The van der Waals surface area contributed by atoms with Crippen LogP contribution in [0, 0.1) is 0 Å². The van der Waals surface area contributed by atoms with E-state index in [1.165, 1.54) is 0 Å². The Morgan fingerprint density at radius 3 is 2.25 bits per heavy atom. The molecular weight excluding hydrogens is 452 g/mol. The van der Waals surface area contributed by atoms with E-state index >= 15 is 0 Å². The number of amides is 2. The van der Waals surface area contributed by atoms with Gasteiger partial charge in [-0.3, -0.25) is 14.1 Å². The molecule has 1 atom stereocenters. The van der Waals surface area contributed by atoms with Crippen molar-refractivity contribution in [3.8, 4) is 11.1 Å². The zero-order valence-corrected chi connectivity index (χ0v) is 20.5. The molecular formula is C23H31ClN2O5S. The second-order valence-corrected chi connectivity index (χ2v) is 13.4. The van der Waals surface area contributed by atoms with Crippen molar-refractivity contribution in [3.63, 3.8) is 0 Å². The number of alkyl carbamates (subject to hydrolysis) is 1. The maximum atomic E-state index is 12.4. The molecule has 0 aliphatic heterocycles. The number of rotatable bonds is 7. The monoisotopic (exact) mass is 482 g/mol. The number of halogens is 1. The summed E-state index contributed by atoms with van der Waals surface area (Å²) in [7, 11) is -4.23. The van der Waals surface area contributed by atoms with Crippen molar-refractivity contribution in [2.45, 2.75) is 45.3 Å². The van der Waals surface area contributed by atoms with E-state index in [0.717, 1.165) is 29.2 Å². The molecule has 32 heavy (non-hydrogen) atoms. The van der Waals surface area contributed by atoms with Gasteiger partial charge in [0.25, 0.3) is 0 Å². The first-order chi connectivity index (χ1) is 14.6. The largest absolute Gasteiger partial charge is 0.444 e. The molecule has 0 fully saturated rings. The molecule has 7 nitrogen and oxygen atoms in total. The molecule has 0 aliphatic carbocycles. The van der Waals surface area contributed by atoms with Crippen LogP contribution in [0.25, 0.3) is 11.1 Å². The molecule has 3 N–H and O–H groups in total. The molecule has 0 heterocycles. The predicted molar refractivity (Wildman–Crippen MR) is 129 cm³/mol. The zero-order valence-electron chi connectivity index (χ0n) is 19.0. The first kappa shape index (κ1) is 25.8. The first-order valence-electron chi connectivity index (χ1n) is 10.1. The van der Waals surface area contributed by atoms with Gasteiger partial charge in [0.2, 0.25) is 5.91 Å². The molecule has 0 bridgehead atoms. The molecule has 2 aromatic rings. The normalized spacial score (nSPS) is 14.0. The molecule has 9 heteroatoms. The average molecular weight is 483 g/mol. The molecule has 0 spiro atoms. The number of ether oxygens (including phenoxy) is 1. The van der Waals surface area contributed by atoms with Crippen molar-refractivity contribution in [1.82, 2.24) is 10.0 Å². The lowest BCUT2D eigenvalue weighted by Gasteiger charge is -2.35. The van der Waals surface area contributed by atoms with Gasteiger partial charge in [-0.05, 0) is 56.0 Å². The van der Waals surface area contributed by atoms with E-state index in [0.29, 0.717) is 11.4 Å². The summed E-state index contributed by atoms with van der Waals surface area (Å²) in [6.45, 7) is 5.22. The molecule has 2 aromatic carbocycles. The summed E-state index contributed by atoms with van der Waals surface area (Å²) < 4.78 is 29.3. The Labute approximate surface area is 194 Å². The van der Waals surface area contributed by atoms with Gasteiger partial charge in [-0.25, -0.2) is 4.79 Å². The van der Waals surface area contributed by atoms with E-state index in [2.05, 4.69) is 10.0 Å². The van der Waals surface area contributed by atoms with E-state index in [9.17, 15) is 18.4 Å². The highest BCUT2D eigenvalue weighted by atomic mass is 35.5. The van der Waals surface area contributed by atoms with E-state index in [4.69, 9.17) is 16.3 Å². The number of carbonyl (C=O) groups excluding carboxylic acids is 2. The molecule has 0 saturated heterocycles. The van der Waals surface area contributed by atoms with Crippen LogP contribution in [-0.2, 0) is 25.5 Å². The van der Waals surface area contributed by atoms with Crippen molar-refractivity contribution in [1.29, 1.82) is 0 Å². The van der Waals surface area contributed by atoms with Crippen molar-refractivity contribution in [3.05, 3.63) is 59.1 Å². The van der Waals surface area contributed by atoms with Crippen molar-refractivity contribution in [2.24, 2.45) is 0 Å². The van der Waals surface area contributed by atoms with Gasteiger partial charge in [-0.2, -0.15) is 4.21 Å². The highest BCUT2D eigenvalue weighted by molar-refractivity contribution is 8.12. The summed E-state index contributed by atoms with van der Waals surface area (Å²) in [4.78, 5) is 24.6. The maximum Gasteiger partial charge on any atom is 0.407 e. The summed E-state index contributed by atoms with van der Waals surface area (Å²) in [5, 5.41) is 3.34. The average Bonchev–Trinajstić information content (AvgIpc) is 2.58. The second kappa shape index (κ2) is 9.60. The van der Waals surface area contributed by atoms with Crippen LogP contribution in [0.2, 0.25) is 5.02 Å². The third-order valence-electron chi connectivity index (χ3n) is 4.15. The van der Waals surface area contributed by atoms with Gasteiger partial charge < -0.3 is 10.1 Å². The number of nitrogens with one attached hydrogen (secondary N) is 2. The molecule has 0 aliphatic rings. The standard InChI is InChI=1S/C23H31ClN2O5S/c1-23(2,3)31-22(28)25-20(15-21(27)26-32(4,5,29)30)13-16-9-11-17(12-10-16)18-7-6-8-19(24)14-18/h6-12,14,20H,13,15H2,1-5H3,(H,25,28)(H2,26,27,29,30)/t20-/m1/s1. The Hall–Kier alpha value is -2.42. The number of benzene rings is 2. The topological polar surface area (TPSA) is 105 Å². The van der Waals surface area contributed by atoms with E-state index in [1.54, 1.807) is 26.8 Å². The molecule has 0 unspecified atom stereocenters. The van der Waals surface area contributed by atoms with Gasteiger partial charge in [0.1, 0.15) is 5.60 Å². The number of hydrogen-bond acceptors (Lipinski definition) is 4. The lowest BCUT2D eigenvalue weighted by molar-refractivity contribution is -0.119. The second-order valence-electron chi connectivity index (χ2n) is 9.25. The fraction of sp³-hybridized carbons (Fsp3) is 0.391. The van der Waals surface area contributed by atoms with Gasteiger partial charge in [0.05, 0.1) is 0 Å². The van der Waals surface area contributed by atoms with Crippen LogP contribution in [0.3, 0.4) is 0 Å². The van der Waals surface area contributed by atoms with E-state index < -0.39 is 33.2 Å². The minimum Gasteiger partial charge on any atom is -0.444 e. The van der Waals surface area contributed by atoms with Crippen molar-refractivity contribution >= 4 is 33.1 Å². The molecule has 0 radical (unpaired) electrons. The minimum absolute atomic E-state index is 0.188. The third-order valence-corrected chi connectivity index (χ3v) is 5.20. The number of carbonyl (C=O) groups is 2. The summed E-state index contributed by atoms with van der Waals surface area (Å²) in [5.74, 6) is -0.647. The van der Waals surface area contributed by atoms with Gasteiger partial charge in [-0.1, -0.05) is 48.0 Å². The van der Waals surface area contributed by atoms with Crippen LogP contribution in [0.5, 0.6) is 0 Å². The highest BCUT2D eigenvalue weighted by Gasteiger charge is 2.24. The summed E-state index contributed by atoms with van der Waals surface area (Å²) >= 11 is 6.07. The molecule has 176 valence electrons. The molecule has 2 rings (SSSR count). The summed E-state index contributed by atoms with van der Waals surface area (Å²) in [5.41, 5.74) is 2.12. The fourth-order valence-corrected chi connectivity index (χ4v) is 3.95. The fourth-order valence-electron chi connectivity index (χ4n) is 3.02. The molecule has 0 aromatic heterocycles. The van der Waals surface area contributed by atoms with Crippen molar-refractivity contribution < 1.29 is 23.1 Å². The highest BCUT2D eigenvalue weighted by Crippen LogP contribution is 2.23. The Kier molecular flexibility index (Phi) is 7.75. The van der Waals surface area contributed by atoms with Crippen LogP contribution in [0.1, 0.15) is 32.8 Å². The molecule has 0 saturated carbocycles. The SMILES string of the molecule is CC(C)(C)OC(=O)N[C@@H](CC(=O)NS(C)(C)(=O)O)Cc1ccc(-c2cccc(Cl)c2)cc1. The van der Waals surface area contributed by atoms with Gasteiger partial charge in [0, 0.05) is 30.0 Å². The van der Waals surface area contributed by atoms with Crippen LogP contribution in [-0.4, -0.2) is 44.9 Å². The van der Waals surface area contributed by atoms with Gasteiger partial charge in [-0.15, -0.1) is 9.53 Å². The zero-order chi connectivity index (χ0) is 24.2. The Bertz CT molecular complexity index is 1030. The van der Waals surface area contributed by atoms with Crippen molar-refractivity contribution in [2.75, 3.05) is 12.5 Å². The van der Waals surface area contributed by atoms with Crippen LogP contribution in [0.4, 0.5) is 4.79 Å². The van der Waals surface area contributed by atoms with E-state index in [-0.39, 0.29) is 6.42 Å². The Morgan fingerprint density at radius 1 is 1.09 bits per heavy atom. The smallest absolute Gasteiger partial charge is 0.407 e. The van der Waals surface area contributed by atoms with Gasteiger partial charge in [0.15, 0.2) is 0 Å². The third kappa shape index (κ3) is 9.80. The summed E-state index contributed by atoms with van der Waals surface area (Å²) in [6.07, 6.45) is 1.58. The Balaban J connectivity index is 2.16. The summed E-state index contributed by atoms with van der Waals surface area (Å²) in [6, 6.07) is 14.5. The predicted octanol–water partition coefficient (Wildman–Crippen LogP) is 4.42. The Morgan fingerprint density at radius 2 is 1.72 bits per heavy atom. The maximum absolute atomic E-state index is 12.4. The quantitative estimate of drug-likeness (QED) is 0.542. The number of hydrogen-bond donors (Lipinski definition) is 3. The van der Waals surface area contributed by atoms with Crippen LogP contribution >= 0.6 is 11.6 Å². The first-order valence-corrected chi connectivity index (χ1v) is 13.2. The van der Waals surface area contributed by atoms with Crippen LogP contribution in [0.15, 0.2) is 48.5 Å². The lowest BCUT2D eigenvalue weighted by atomic mass is 9.99. The lowest BCUT2D eigenvalue weighted by Crippen LogP contribution is -2.50. The van der Waals surface area contributed by atoms with E-state index in [1.807, 2.05) is 42.5 Å². The van der Waals surface area contributed by atoms with Crippen LogP contribution < -0.4 is 10.0 Å². The molecule has 2 amide bonds.